The van der Waals surface area contributed by atoms with E-state index in [2.05, 4.69) is 43.4 Å². The van der Waals surface area contributed by atoms with Crippen molar-refractivity contribution < 1.29 is 0 Å². The van der Waals surface area contributed by atoms with Crippen LogP contribution >= 0.6 is 22.6 Å². The highest BCUT2D eigenvalue weighted by molar-refractivity contribution is 14.1. The van der Waals surface area contributed by atoms with E-state index in [0.717, 1.165) is 11.8 Å². The highest BCUT2D eigenvalue weighted by atomic mass is 127. The maximum Gasteiger partial charge on any atom is 0.0245 e. The van der Waals surface area contributed by atoms with Gasteiger partial charge in [0.25, 0.3) is 0 Å². The Balaban J connectivity index is 2.48. The van der Waals surface area contributed by atoms with Gasteiger partial charge in [-0.05, 0) is 37.5 Å². The molecule has 0 radical (unpaired) electrons. The molecule has 0 nitrogen and oxygen atoms in total. The molecule has 1 rings (SSSR count). The van der Waals surface area contributed by atoms with Crippen LogP contribution in [0.4, 0.5) is 0 Å². The first kappa shape index (κ1) is 9.82. The quantitative estimate of drug-likeness (QED) is 0.496. The lowest BCUT2D eigenvalue weighted by molar-refractivity contribution is 0.282. The molecule has 0 N–H and O–H groups in total. The maximum atomic E-state index is 2.69. The van der Waals surface area contributed by atoms with Gasteiger partial charge in [-0.25, -0.2) is 0 Å². The van der Waals surface area contributed by atoms with Gasteiger partial charge in [0.15, 0.2) is 0 Å². The van der Waals surface area contributed by atoms with Crippen molar-refractivity contribution >= 4 is 22.6 Å². The standard InChI is InChI=1S/C10H19I/c1-8(2)10(11)6-4-9(3)5-7-10/h8-9H,4-7H2,1-3H3. The molecule has 66 valence electrons. The minimum Gasteiger partial charge on any atom is -0.0786 e. The van der Waals surface area contributed by atoms with E-state index in [9.17, 15) is 0 Å². The first-order valence-corrected chi connectivity index (χ1v) is 5.81. The molecule has 1 aliphatic rings. The SMILES string of the molecule is CC1CCC(I)(C(C)C)CC1. The minimum atomic E-state index is 0.629. The fourth-order valence-electron chi connectivity index (χ4n) is 1.82. The third-order valence-electron chi connectivity index (χ3n) is 3.14. The smallest absolute Gasteiger partial charge is 0.0245 e. The molecule has 1 heteroatoms. The maximum absolute atomic E-state index is 2.69. The van der Waals surface area contributed by atoms with Crippen molar-refractivity contribution in [2.45, 2.75) is 49.9 Å². The van der Waals surface area contributed by atoms with Gasteiger partial charge in [-0.3, -0.25) is 0 Å². The van der Waals surface area contributed by atoms with Gasteiger partial charge in [0.05, 0.1) is 0 Å². The third-order valence-corrected chi connectivity index (χ3v) is 5.46. The Kier molecular flexibility index (Phi) is 3.24. The number of rotatable bonds is 1. The number of hydrogen-bond acceptors (Lipinski definition) is 0. The van der Waals surface area contributed by atoms with Crippen LogP contribution in [0.25, 0.3) is 0 Å². The molecule has 11 heavy (non-hydrogen) atoms. The van der Waals surface area contributed by atoms with Crippen molar-refractivity contribution in [3.05, 3.63) is 0 Å². The van der Waals surface area contributed by atoms with Crippen LogP contribution in [0.2, 0.25) is 0 Å². The van der Waals surface area contributed by atoms with E-state index in [4.69, 9.17) is 0 Å². The minimum absolute atomic E-state index is 0.629. The second kappa shape index (κ2) is 3.63. The van der Waals surface area contributed by atoms with Crippen LogP contribution in [-0.2, 0) is 0 Å². The summed E-state index contributed by atoms with van der Waals surface area (Å²) < 4.78 is 0.629. The lowest BCUT2D eigenvalue weighted by atomic mass is 9.77. The molecule has 0 aromatic rings. The fourth-order valence-corrected chi connectivity index (χ4v) is 2.44. The molecule has 0 atom stereocenters. The lowest BCUT2D eigenvalue weighted by Gasteiger charge is -2.37. The van der Waals surface area contributed by atoms with E-state index in [1.54, 1.807) is 0 Å². The summed E-state index contributed by atoms with van der Waals surface area (Å²) in [5.41, 5.74) is 0. The van der Waals surface area contributed by atoms with E-state index < -0.39 is 0 Å². The predicted octanol–water partition coefficient (Wildman–Crippen LogP) is 4.03. The number of halogens is 1. The normalized spacial score (nSPS) is 39.5. The number of hydrogen-bond donors (Lipinski definition) is 0. The van der Waals surface area contributed by atoms with Crippen LogP contribution in [0.1, 0.15) is 46.5 Å². The Hall–Kier alpha value is 0.730. The van der Waals surface area contributed by atoms with Crippen LogP contribution in [0.5, 0.6) is 0 Å². The summed E-state index contributed by atoms with van der Waals surface area (Å²) in [6.07, 6.45) is 5.76. The first-order chi connectivity index (χ1) is 5.04. The molecule has 1 saturated carbocycles. The van der Waals surface area contributed by atoms with Crippen molar-refractivity contribution in [3.8, 4) is 0 Å². The van der Waals surface area contributed by atoms with Crippen LogP contribution < -0.4 is 0 Å². The number of alkyl halides is 1. The second-order valence-corrected chi connectivity index (χ2v) is 6.52. The first-order valence-electron chi connectivity index (χ1n) is 4.73. The largest absolute Gasteiger partial charge is 0.0786 e. The van der Waals surface area contributed by atoms with E-state index in [0.29, 0.717) is 3.42 Å². The van der Waals surface area contributed by atoms with Crippen LogP contribution in [-0.4, -0.2) is 3.42 Å². The second-order valence-electron chi connectivity index (χ2n) is 4.37. The zero-order valence-electron chi connectivity index (χ0n) is 7.86. The molecule has 0 bridgehead atoms. The van der Waals surface area contributed by atoms with Gasteiger partial charge in [-0.1, -0.05) is 43.4 Å². The van der Waals surface area contributed by atoms with Gasteiger partial charge in [0.2, 0.25) is 0 Å². The Labute approximate surface area is 84.3 Å². The zero-order chi connectivity index (χ0) is 8.48. The van der Waals surface area contributed by atoms with Gasteiger partial charge in [-0.15, -0.1) is 0 Å². The van der Waals surface area contributed by atoms with Crippen molar-refractivity contribution in [2.24, 2.45) is 11.8 Å². The molecule has 0 aromatic heterocycles. The van der Waals surface area contributed by atoms with E-state index in [1.807, 2.05) is 0 Å². The van der Waals surface area contributed by atoms with Crippen LogP contribution in [0.15, 0.2) is 0 Å². The van der Waals surface area contributed by atoms with E-state index >= 15 is 0 Å². The summed E-state index contributed by atoms with van der Waals surface area (Å²) in [4.78, 5) is 0. The molecule has 0 saturated heterocycles. The highest BCUT2D eigenvalue weighted by Crippen LogP contribution is 2.43. The molecule has 0 heterocycles. The Morgan fingerprint density at radius 3 is 2.09 bits per heavy atom. The van der Waals surface area contributed by atoms with Gasteiger partial charge < -0.3 is 0 Å². The molecule has 1 fully saturated rings. The molecule has 0 aliphatic heterocycles. The van der Waals surface area contributed by atoms with Crippen molar-refractivity contribution in [2.75, 3.05) is 0 Å². The molecule has 0 aromatic carbocycles. The van der Waals surface area contributed by atoms with Gasteiger partial charge in [0, 0.05) is 3.42 Å². The fraction of sp³-hybridized carbons (Fsp3) is 1.00. The molecular formula is C10H19I. The van der Waals surface area contributed by atoms with Gasteiger partial charge in [0.1, 0.15) is 0 Å². The van der Waals surface area contributed by atoms with Crippen LogP contribution in [0, 0.1) is 11.8 Å². The molecule has 0 amide bonds. The molecule has 0 spiro atoms. The predicted molar refractivity (Wildman–Crippen MR) is 59.2 cm³/mol. The average Bonchev–Trinajstić information content (AvgIpc) is 1.95. The summed E-state index contributed by atoms with van der Waals surface area (Å²) in [7, 11) is 0. The molecular weight excluding hydrogens is 247 g/mol. The summed E-state index contributed by atoms with van der Waals surface area (Å²) in [5, 5.41) is 0. The van der Waals surface area contributed by atoms with E-state index in [1.165, 1.54) is 25.7 Å². The van der Waals surface area contributed by atoms with Gasteiger partial charge in [-0.2, -0.15) is 0 Å². The van der Waals surface area contributed by atoms with Crippen molar-refractivity contribution in [1.29, 1.82) is 0 Å². The zero-order valence-corrected chi connectivity index (χ0v) is 10.0. The summed E-state index contributed by atoms with van der Waals surface area (Å²) in [5.74, 6) is 1.84. The third kappa shape index (κ3) is 2.33. The van der Waals surface area contributed by atoms with E-state index in [-0.39, 0.29) is 0 Å². The Bertz CT molecular complexity index is 121. The topological polar surface area (TPSA) is 0 Å². The summed E-state index contributed by atoms with van der Waals surface area (Å²) in [6.45, 7) is 7.11. The monoisotopic (exact) mass is 266 g/mol. The van der Waals surface area contributed by atoms with Crippen molar-refractivity contribution in [1.82, 2.24) is 0 Å². The van der Waals surface area contributed by atoms with Crippen molar-refractivity contribution in [3.63, 3.8) is 0 Å². The van der Waals surface area contributed by atoms with Crippen LogP contribution in [0.3, 0.4) is 0 Å². The average molecular weight is 266 g/mol. The Morgan fingerprint density at radius 1 is 1.27 bits per heavy atom. The Morgan fingerprint density at radius 2 is 1.73 bits per heavy atom. The summed E-state index contributed by atoms with van der Waals surface area (Å²) >= 11 is 2.69. The lowest BCUT2D eigenvalue weighted by Crippen LogP contribution is -2.32. The highest BCUT2D eigenvalue weighted by Gasteiger charge is 2.33. The van der Waals surface area contributed by atoms with Gasteiger partial charge >= 0.3 is 0 Å². The summed E-state index contributed by atoms with van der Waals surface area (Å²) in [6, 6.07) is 0. The molecule has 0 unspecified atom stereocenters. The molecule has 1 aliphatic carbocycles.